The second-order valence-electron chi connectivity index (χ2n) is 4.24. The number of benzene rings is 1. The number of para-hydroxylation sites is 2. The Morgan fingerprint density at radius 3 is 2.89 bits per heavy atom. The molecule has 1 aromatic heterocycles. The van der Waals surface area contributed by atoms with Crippen LogP contribution in [-0.4, -0.2) is 31.6 Å². The third-order valence-corrected chi connectivity index (χ3v) is 3.92. The van der Waals surface area contributed by atoms with Gasteiger partial charge in [0.25, 0.3) is 0 Å². The van der Waals surface area contributed by atoms with Crippen molar-refractivity contribution < 1.29 is 4.21 Å². The van der Waals surface area contributed by atoms with Crippen molar-refractivity contribution in [2.24, 2.45) is 0 Å². The lowest BCUT2D eigenvalue weighted by atomic mass is 10.3. The molecule has 98 valence electrons. The number of rotatable bonds is 6. The molecule has 0 saturated heterocycles. The van der Waals surface area contributed by atoms with Crippen LogP contribution in [-0.2, 0) is 23.8 Å². The first kappa shape index (κ1) is 13.6. The number of nitrogens with zero attached hydrogens (tertiary/aromatic N) is 2. The molecule has 0 N–H and O–H groups in total. The van der Waals surface area contributed by atoms with Crippen molar-refractivity contribution in [3.8, 4) is 0 Å². The molecule has 18 heavy (non-hydrogen) atoms. The van der Waals surface area contributed by atoms with Crippen LogP contribution in [0.3, 0.4) is 0 Å². The van der Waals surface area contributed by atoms with E-state index < -0.39 is 10.8 Å². The highest BCUT2D eigenvalue weighted by molar-refractivity contribution is 7.84. The molecule has 0 amide bonds. The number of hydrogen-bond acceptors (Lipinski definition) is 2. The lowest BCUT2D eigenvalue weighted by Crippen LogP contribution is -2.07. The molecule has 2 rings (SSSR count). The van der Waals surface area contributed by atoms with Crippen LogP contribution < -0.4 is 0 Å². The van der Waals surface area contributed by atoms with E-state index in [0.29, 0.717) is 5.88 Å². The van der Waals surface area contributed by atoms with Crippen LogP contribution >= 0.6 is 11.6 Å². The molecule has 1 unspecified atom stereocenters. The Hall–Kier alpha value is -0.870. The fraction of sp³-hybridized carbons (Fsp3) is 0.462. The van der Waals surface area contributed by atoms with E-state index in [1.165, 1.54) is 0 Å². The summed E-state index contributed by atoms with van der Waals surface area (Å²) in [6.45, 7) is 0.853. The lowest BCUT2D eigenvalue weighted by Gasteiger charge is -2.07. The summed E-state index contributed by atoms with van der Waals surface area (Å²) < 4.78 is 13.3. The normalized spacial score (nSPS) is 13.0. The summed E-state index contributed by atoms with van der Waals surface area (Å²) in [4.78, 5) is 4.60. The summed E-state index contributed by atoms with van der Waals surface area (Å²) in [5.41, 5.74) is 2.15. The predicted molar refractivity (Wildman–Crippen MR) is 77.7 cm³/mol. The molecule has 0 aliphatic carbocycles. The third-order valence-electron chi connectivity index (χ3n) is 2.87. The minimum absolute atomic E-state index is 0.572. The van der Waals surface area contributed by atoms with Crippen molar-refractivity contribution in [1.82, 2.24) is 9.55 Å². The van der Waals surface area contributed by atoms with Crippen LogP contribution in [0.4, 0.5) is 0 Å². The monoisotopic (exact) mass is 284 g/mol. The lowest BCUT2D eigenvalue weighted by molar-refractivity contribution is 0.650. The number of aromatic nitrogens is 2. The van der Waals surface area contributed by atoms with Gasteiger partial charge in [-0.15, -0.1) is 11.6 Å². The van der Waals surface area contributed by atoms with Crippen LogP contribution in [0.15, 0.2) is 24.3 Å². The fourth-order valence-electron chi connectivity index (χ4n) is 2.08. The summed E-state index contributed by atoms with van der Waals surface area (Å²) >= 11 is 5.82. The Bertz CT molecular complexity index is 553. The van der Waals surface area contributed by atoms with Gasteiger partial charge in [-0.05, 0) is 18.6 Å². The number of alkyl halides is 1. The molecule has 0 radical (unpaired) electrons. The van der Waals surface area contributed by atoms with E-state index in [1.807, 2.05) is 18.2 Å². The van der Waals surface area contributed by atoms with Crippen LogP contribution in [0.1, 0.15) is 12.2 Å². The van der Waals surface area contributed by atoms with Crippen molar-refractivity contribution >= 4 is 33.4 Å². The molecule has 5 heteroatoms. The van der Waals surface area contributed by atoms with E-state index in [1.54, 1.807) is 6.26 Å². The molecule has 0 aliphatic rings. The fourth-order valence-corrected chi connectivity index (χ4v) is 2.78. The first-order valence-electron chi connectivity index (χ1n) is 6.02. The zero-order valence-corrected chi connectivity index (χ0v) is 12.0. The van der Waals surface area contributed by atoms with Gasteiger partial charge >= 0.3 is 0 Å². The minimum Gasteiger partial charge on any atom is -0.328 e. The summed E-state index contributed by atoms with van der Waals surface area (Å²) in [6, 6.07) is 8.10. The van der Waals surface area contributed by atoms with Crippen LogP contribution in [0.25, 0.3) is 11.0 Å². The van der Waals surface area contributed by atoms with Gasteiger partial charge in [0.1, 0.15) is 5.82 Å². The van der Waals surface area contributed by atoms with E-state index in [4.69, 9.17) is 11.6 Å². The number of halogens is 1. The van der Waals surface area contributed by atoms with E-state index in [2.05, 4.69) is 15.6 Å². The summed E-state index contributed by atoms with van der Waals surface area (Å²) in [5, 5.41) is 0. The molecule has 1 atom stereocenters. The summed E-state index contributed by atoms with van der Waals surface area (Å²) in [6.07, 6.45) is 3.41. The van der Waals surface area contributed by atoms with Crippen molar-refractivity contribution in [2.75, 3.05) is 17.9 Å². The number of fused-ring (bicyclic) bond motifs is 1. The van der Waals surface area contributed by atoms with Crippen LogP contribution in [0.2, 0.25) is 0 Å². The van der Waals surface area contributed by atoms with Gasteiger partial charge in [0.05, 0.1) is 11.0 Å². The highest BCUT2D eigenvalue weighted by Gasteiger charge is 2.09. The maximum atomic E-state index is 11.1. The molecule has 0 bridgehead atoms. The third kappa shape index (κ3) is 3.12. The number of hydrogen-bond donors (Lipinski definition) is 0. The van der Waals surface area contributed by atoms with Gasteiger partial charge in [-0.1, -0.05) is 12.1 Å². The standard InChI is InChI=1S/C13H17ClN2OS/c1-18(17)10-4-9-16-12-6-3-2-5-11(12)15-13(16)7-8-14/h2-3,5-6H,4,7-10H2,1H3. The van der Waals surface area contributed by atoms with Gasteiger partial charge in [0, 0.05) is 41.7 Å². The van der Waals surface area contributed by atoms with E-state index in [0.717, 1.165) is 42.0 Å². The second kappa shape index (κ2) is 6.34. The quantitative estimate of drug-likeness (QED) is 0.764. The predicted octanol–water partition coefficient (Wildman–Crippen LogP) is 2.59. The van der Waals surface area contributed by atoms with Crippen LogP contribution in [0.5, 0.6) is 0 Å². The van der Waals surface area contributed by atoms with Gasteiger partial charge in [-0.3, -0.25) is 4.21 Å². The molecule has 0 saturated carbocycles. The molecular formula is C13H17ClN2OS. The zero-order chi connectivity index (χ0) is 13.0. The van der Waals surface area contributed by atoms with Gasteiger partial charge in [-0.25, -0.2) is 4.98 Å². The van der Waals surface area contributed by atoms with E-state index >= 15 is 0 Å². The first-order chi connectivity index (χ1) is 8.72. The van der Waals surface area contributed by atoms with Crippen molar-refractivity contribution in [2.45, 2.75) is 19.4 Å². The highest BCUT2D eigenvalue weighted by Crippen LogP contribution is 2.17. The van der Waals surface area contributed by atoms with Gasteiger partial charge in [0.2, 0.25) is 0 Å². The molecule has 0 fully saturated rings. The smallest absolute Gasteiger partial charge is 0.111 e. The van der Waals surface area contributed by atoms with Crippen molar-refractivity contribution in [3.63, 3.8) is 0 Å². The van der Waals surface area contributed by atoms with Gasteiger partial charge in [-0.2, -0.15) is 0 Å². The Labute approximate surface area is 115 Å². The van der Waals surface area contributed by atoms with E-state index in [9.17, 15) is 4.21 Å². The second-order valence-corrected chi connectivity index (χ2v) is 6.17. The molecule has 2 aromatic rings. The largest absolute Gasteiger partial charge is 0.328 e. The zero-order valence-electron chi connectivity index (χ0n) is 10.4. The molecular weight excluding hydrogens is 268 g/mol. The van der Waals surface area contributed by atoms with Gasteiger partial charge in [0.15, 0.2) is 0 Å². The topological polar surface area (TPSA) is 34.9 Å². The Kier molecular flexibility index (Phi) is 4.78. The van der Waals surface area contributed by atoms with Crippen molar-refractivity contribution in [3.05, 3.63) is 30.1 Å². The SMILES string of the molecule is CS(=O)CCCn1c(CCCl)nc2ccccc21. The summed E-state index contributed by atoms with van der Waals surface area (Å²) in [5.74, 6) is 2.32. The highest BCUT2D eigenvalue weighted by atomic mass is 35.5. The van der Waals surface area contributed by atoms with E-state index in [-0.39, 0.29) is 0 Å². The molecule has 0 aliphatic heterocycles. The van der Waals surface area contributed by atoms with Crippen molar-refractivity contribution in [1.29, 1.82) is 0 Å². The average Bonchev–Trinajstić information content (AvgIpc) is 2.68. The minimum atomic E-state index is -0.731. The number of imidazole rings is 1. The Morgan fingerprint density at radius 1 is 1.39 bits per heavy atom. The molecule has 0 spiro atoms. The maximum absolute atomic E-state index is 11.1. The average molecular weight is 285 g/mol. The molecule has 1 heterocycles. The molecule has 3 nitrogen and oxygen atoms in total. The first-order valence-corrected chi connectivity index (χ1v) is 8.28. The Morgan fingerprint density at radius 2 is 2.17 bits per heavy atom. The Balaban J connectivity index is 2.26. The number of aryl methyl sites for hydroxylation is 2. The van der Waals surface area contributed by atoms with Crippen LogP contribution in [0, 0.1) is 0 Å². The summed E-state index contributed by atoms with van der Waals surface area (Å²) in [7, 11) is -0.731. The maximum Gasteiger partial charge on any atom is 0.111 e. The molecule has 1 aromatic carbocycles. The van der Waals surface area contributed by atoms with Gasteiger partial charge < -0.3 is 4.57 Å².